The number of amides is 1. The fourth-order valence-electron chi connectivity index (χ4n) is 2.69. The molecule has 29 heavy (non-hydrogen) atoms. The molecule has 7 heteroatoms. The highest BCUT2D eigenvalue weighted by Gasteiger charge is 2.18. The van der Waals surface area contributed by atoms with E-state index in [4.69, 9.17) is 9.47 Å². The maximum atomic E-state index is 13.3. The van der Waals surface area contributed by atoms with Crippen LogP contribution in [0.1, 0.15) is 0 Å². The van der Waals surface area contributed by atoms with Crippen molar-refractivity contribution in [1.29, 1.82) is 0 Å². The SMILES string of the molecule is COc1ccccc1NC(=O)CN(Sc1ccc(F)cc1)c1ccccc1OC. The Balaban J connectivity index is 1.84. The third-order valence-corrected chi connectivity index (χ3v) is 5.08. The molecule has 0 saturated heterocycles. The molecule has 0 fully saturated rings. The molecule has 0 aliphatic heterocycles. The monoisotopic (exact) mass is 412 g/mol. The highest BCUT2D eigenvalue weighted by molar-refractivity contribution is 8.00. The third-order valence-electron chi connectivity index (χ3n) is 4.05. The fourth-order valence-corrected chi connectivity index (χ4v) is 3.64. The van der Waals surface area contributed by atoms with Gasteiger partial charge in [-0.3, -0.25) is 9.10 Å². The number of nitrogens with one attached hydrogen (secondary N) is 1. The number of ether oxygens (including phenoxy) is 2. The van der Waals surface area contributed by atoms with Crippen molar-refractivity contribution in [2.75, 3.05) is 30.4 Å². The number of anilines is 2. The minimum absolute atomic E-state index is 0.0421. The summed E-state index contributed by atoms with van der Waals surface area (Å²) in [6.07, 6.45) is 0. The fraction of sp³-hybridized carbons (Fsp3) is 0.136. The van der Waals surface area contributed by atoms with Crippen LogP contribution < -0.4 is 19.1 Å². The summed E-state index contributed by atoms with van der Waals surface area (Å²) < 4.78 is 25.8. The first kappa shape index (κ1) is 20.5. The van der Waals surface area contributed by atoms with Crippen molar-refractivity contribution in [2.45, 2.75) is 4.90 Å². The highest BCUT2D eigenvalue weighted by Crippen LogP contribution is 2.35. The molecule has 3 rings (SSSR count). The van der Waals surface area contributed by atoms with E-state index in [1.165, 1.54) is 24.1 Å². The van der Waals surface area contributed by atoms with Crippen LogP contribution in [0.4, 0.5) is 15.8 Å². The van der Waals surface area contributed by atoms with Crippen molar-refractivity contribution in [2.24, 2.45) is 0 Å². The topological polar surface area (TPSA) is 50.8 Å². The third kappa shape index (κ3) is 5.42. The van der Waals surface area contributed by atoms with E-state index >= 15 is 0 Å². The first-order chi connectivity index (χ1) is 14.1. The average Bonchev–Trinajstić information content (AvgIpc) is 2.75. The summed E-state index contributed by atoms with van der Waals surface area (Å²) in [5, 5.41) is 2.87. The lowest BCUT2D eigenvalue weighted by Gasteiger charge is -2.24. The first-order valence-corrected chi connectivity index (χ1v) is 9.65. The van der Waals surface area contributed by atoms with Crippen LogP contribution in [0.5, 0.6) is 11.5 Å². The lowest BCUT2D eigenvalue weighted by molar-refractivity contribution is -0.114. The van der Waals surface area contributed by atoms with Crippen LogP contribution in [-0.4, -0.2) is 26.7 Å². The second-order valence-electron chi connectivity index (χ2n) is 6.00. The molecule has 5 nitrogen and oxygen atoms in total. The van der Waals surface area contributed by atoms with Gasteiger partial charge in [0.1, 0.15) is 23.9 Å². The van der Waals surface area contributed by atoms with Crippen LogP contribution in [0, 0.1) is 5.82 Å². The molecule has 3 aromatic carbocycles. The van der Waals surface area contributed by atoms with Gasteiger partial charge in [-0.15, -0.1) is 0 Å². The molecule has 0 heterocycles. The van der Waals surface area contributed by atoms with Gasteiger partial charge in [-0.1, -0.05) is 24.3 Å². The zero-order valence-corrected chi connectivity index (χ0v) is 16.9. The number of hydrogen-bond acceptors (Lipinski definition) is 5. The number of para-hydroxylation sites is 4. The highest BCUT2D eigenvalue weighted by atomic mass is 32.2. The van der Waals surface area contributed by atoms with Gasteiger partial charge in [0.15, 0.2) is 0 Å². The van der Waals surface area contributed by atoms with Crippen LogP contribution in [0.2, 0.25) is 0 Å². The van der Waals surface area contributed by atoms with Gasteiger partial charge in [0, 0.05) is 4.90 Å². The number of carbonyl (C=O) groups excluding carboxylic acids is 1. The van der Waals surface area contributed by atoms with Crippen molar-refractivity contribution < 1.29 is 18.7 Å². The number of halogens is 1. The molecule has 0 spiro atoms. The minimum Gasteiger partial charge on any atom is -0.495 e. The zero-order valence-electron chi connectivity index (χ0n) is 16.1. The predicted octanol–water partition coefficient (Wildman–Crippen LogP) is 5.00. The van der Waals surface area contributed by atoms with E-state index in [0.29, 0.717) is 17.2 Å². The lowest BCUT2D eigenvalue weighted by atomic mass is 10.2. The standard InChI is InChI=1S/C22H21FN2O3S/c1-27-20-9-5-3-7-18(20)24-22(26)15-25(19-8-4-6-10-21(19)28-2)29-17-13-11-16(23)12-14-17/h3-14H,15H2,1-2H3,(H,24,26). The van der Waals surface area contributed by atoms with Gasteiger partial charge in [0.25, 0.3) is 0 Å². The maximum absolute atomic E-state index is 13.3. The van der Waals surface area contributed by atoms with Crippen molar-refractivity contribution in [3.05, 3.63) is 78.6 Å². The van der Waals surface area contributed by atoms with Crippen LogP contribution in [0.3, 0.4) is 0 Å². The smallest absolute Gasteiger partial charge is 0.245 e. The van der Waals surface area contributed by atoms with Crippen LogP contribution >= 0.6 is 11.9 Å². The average molecular weight is 412 g/mol. The van der Waals surface area contributed by atoms with Gasteiger partial charge < -0.3 is 14.8 Å². The van der Waals surface area contributed by atoms with Crippen molar-refractivity contribution in [3.63, 3.8) is 0 Å². The summed E-state index contributed by atoms with van der Waals surface area (Å²) in [6.45, 7) is 0.0421. The molecule has 0 bridgehead atoms. The molecule has 0 aliphatic rings. The molecule has 0 saturated carbocycles. The summed E-state index contributed by atoms with van der Waals surface area (Å²) in [5.74, 6) is 0.671. The van der Waals surface area contributed by atoms with Crippen molar-refractivity contribution in [1.82, 2.24) is 0 Å². The Bertz CT molecular complexity index is 966. The Kier molecular flexibility index (Phi) is 6.97. The second-order valence-corrected chi connectivity index (χ2v) is 7.10. The number of methoxy groups -OCH3 is 2. The van der Waals surface area contributed by atoms with E-state index in [2.05, 4.69) is 5.32 Å². The number of nitrogens with zero attached hydrogens (tertiary/aromatic N) is 1. The largest absolute Gasteiger partial charge is 0.495 e. The Morgan fingerprint density at radius 3 is 2.24 bits per heavy atom. The number of benzene rings is 3. The van der Waals surface area contributed by atoms with Gasteiger partial charge in [-0.2, -0.15) is 0 Å². The van der Waals surface area contributed by atoms with Gasteiger partial charge in [0.05, 0.1) is 25.6 Å². The van der Waals surface area contributed by atoms with Crippen molar-refractivity contribution >= 4 is 29.2 Å². The summed E-state index contributed by atoms with van der Waals surface area (Å²) in [5.41, 5.74) is 1.33. The van der Waals surface area contributed by atoms with Gasteiger partial charge in [0.2, 0.25) is 5.91 Å². The van der Waals surface area contributed by atoms with E-state index in [1.807, 2.05) is 36.4 Å². The van der Waals surface area contributed by atoms with E-state index in [1.54, 1.807) is 42.8 Å². The minimum atomic E-state index is -0.313. The molecule has 0 aromatic heterocycles. The van der Waals surface area contributed by atoms with E-state index in [0.717, 1.165) is 10.6 Å². The molecule has 0 atom stereocenters. The van der Waals surface area contributed by atoms with Crippen LogP contribution in [0.15, 0.2) is 77.7 Å². The Labute approximate surface area is 173 Å². The molecule has 1 amide bonds. The van der Waals surface area contributed by atoms with Gasteiger partial charge in [-0.25, -0.2) is 4.39 Å². The summed E-state index contributed by atoms with van der Waals surface area (Å²) in [7, 11) is 3.13. The Morgan fingerprint density at radius 1 is 0.931 bits per heavy atom. The summed E-state index contributed by atoms with van der Waals surface area (Å²) in [6, 6.07) is 20.7. The molecule has 3 aromatic rings. The Morgan fingerprint density at radius 2 is 1.55 bits per heavy atom. The predicted molar refractivity (Wildman–Crippen MR) is 114 cm³/mol. The quantitative estimate of drug-likeness (QED) is 0.528. The normalized spacial score (nSPS) is 10.3. The summed E-state index contributed by atoms with van der Waals surface area (Å²) >= 11 is 1.32. The van der Waals surface area contributed by atoms with Crippen LogP contribution in [-0.2, 0) is 4.79 Å². The molecular weight excluding hydrogens is 391 g/mol. The van der Waals surface area contributed by atoms with Gasteiger partial charge >= 0.3 is 0 Å². The number of rotatable bonds is 8. The molecule has 1 N–H and O–H groups in total. The molecule has 150 valence electrons. The molecule has 0 radical (unpaired) electrons. The number of carbonyl (C=O) groups is 1. The van der Waals surface area contributed by atoms with Crippen LogP contribution in [0.25, 0.3) is 0 Å². The Hall–Kier alpha value is -3.19. The van der Waals surface area contributed by atoms with Crippen molar-refractivity contribution in [3.8, 4) is 11.5 Å². The molecular formula is C22H21FN2O3S. The summed E-state index contributed by atoms with van der Waals surface area (Å²) in [4.78, 5) is 13.6. The molecule has 0 aliphatic carbocycles. The first-order valence-electron chi connectivity index (χ1n) is 8.87. The van der Waals surface area contributed by atoms with E-state index in [9.17, 15) is 9.18 Å². The zero-order chi connectivity index (χ0) is 20.6. The van der Waals surface area contributed by atoms with E-state index in [-0.39, 0.29) is 18.3 Å². The van der Waals surface area contributed by atoms with Gasteiger partial charge in [-0.05, 0) is 60.5 Å². The maximum Gasteiger partial charge on any atom is 0.245 e. The van der Waals surface area contributed by atoms with E-state index < -0.39 is 0 Å². The molecule has 0 unspecified atom stereocenters. The second kappa shape index (κ2) is 9.84. The number of hydrogen-bond donors (Lipinski definition) is 1. The lowest BCUT2D eigenvalue weighted by Crippen LogP contribution is -2.28.